The Kier molecular flexibility index (Phi) is 3.66. The van der Waals surface area contributed by atoms with Crippen molar-refractivity contribution in [1.29, 1.82) is 0 Å². The Morgan fingerprint density at radius 1 is 1.25 bits per heavy atom. The number of carbonyl (C=O) groups is 1. The van der Waals surface area contributed by atoms with Crippen molar-refractivity contribution in [1.82, 2.24) is 4.90 Å². The normalized spacial score (nSPS) is 20.1. The number of hydrogen-bond acceptors (Lipinski definition) is 3. The molecule has 0 spiro atoms. The second-order valence-corrected chi connectivity index (χ2v) is 6.01. The van der Waals surface area contributed by atoms with Crippen molar-refractivity contribution in [2.24, 2.45) is 5.92 Å². The quantitative estimate of drug-likeness (QED) is 0.914. The lowest BCUT2D eigenvalue weighted by Gasteiger charge is -2.37. The first-order valence-corrected chi connectivity index (χ1v) is 7.45. The fourth-order valence-electron chi connectivity index (χ4n) is 3.07. The van der Waals surface area contributed by atoms with E-state index in [4.69, 9.17) is 0 Å². The number of aryl methyl sites for hydroxylation is 1. The summed E-state index contributed by atoms with van der Waals surface area (Å²) in [6.45, 7) is 7.18. The molecule has 3 rings (SSSR count). The van der Waals surface area contributed by atoms with Crippen LogP contribution in [0.4, 0.5) is 5.69 Å². The molecule has 0 atom stereocenters. The Morgan fingerprint density at radius 3 is 2.55 bits per heavy atom. The Labute approximate surface area is 120 Å². The molecule has 0 unspecified atom stereocenters. The lowest BCUT2D eigenvalue weighted by molar-refractivity contribution is 0.0697. The number of anilines is 1. The average molecular weight is 274 g/mol. The zero-order chi connectivity index (χ0) is 14.1. The number of carboxylic acid groups (broad SMARTS) is 1. The van der Waals surface area contributed by atoms with E-state index in [9.17, 15) is 9.90 Å². The van der Waals surface area contributed by atoms with Crippen LogP contribution in [-0.2, 0) is 0 Å². The number of para-hydroxylation sites is 1. The van der Waals surface area contributed by atoms with Crippen LogP contribution in [0, 0.1) is 12.8 Å². The largest absolute Gasteiger partial charge is 0.478 e. The fourth-order valence-corrected chi connectivity index (χ4v) is 3.07. The van der Waals surface area contributed by atoms with E-state index in [1.807, 2.05) is 19.1 Å². The molecule has 20 heavy (non-hydrogen) atoms. The first kappa shape index (κ1) is 13.4. The minimum atomic E-state index is -0.830. The SMILES string of the molecule is Cc1cccc(C(=O)O)c1N1CCN(CC2CC2)CC1. The van der Waals surface area contributed by atoms with Crippen molar-refractivity contribution in [2.75, 3.05) is 37.6 Å². The molecule has 1 aromatic rings. The van der Waals surface area contributed by atoms with Gasteiger partial charge in [0, 0.05) is 32.7 Å². The Hall–Kier alpha value is -1.55. The molecular formula is C16H22N2O2. The van der Waals surface area contributed by atoms with Gasteiger partial charge in [-0.1, -0.05) is 12.1 Å². The van der Waals surface area contributed by atoms with E-state index in [0.717, 1.165) is 43.3 Å². The average Bonchev–Trinajstić information content (AvgIpc) is 3.23. The van der Waals surface area contributed by atoms with Gasteiger partial charge in [-0.15, -0.1) is 0 Å². The Bertz CT molecular complexity index is 503. The highest BCUT2D eigenvalue weighted by molar-refractivity contribution is 5.95. The molecule has 0 amide bonds. The van der Waals surface area contributed by atoms with Crippen molar-refractivity contribution in [3.63, 3.8) is 0 Å². The lowest BCUT2D eigenvalue weighted by Crippen LogP contribution is -2.47. The molecule has 0 bridgehead atoms. The van der Waals surface area contributed by atoms with E-state index < -0.39 is 5.97 Å². The van der Waals surface area contributed by atoms with Gasteiger partial charge >= 0.3 is 5.97 Å². The summed E-state index contributed by atoms with van der Waals surface area (Å²) in [5.41, 5.74) is 2.40. The molecule has 2 aliphatic rings. The maximum Gasteiger partial charge on any atom is 0.337 e. The van der Waals surface area contributed by atoms with Gasteiger partial charge in [0.05, 0.1) is 11.3 Å². The highest BCUT2D eigenvalue weighted by Crippen LogP contribution is 2.31. The lowest BCUT2D eigenvalue weighted by atomic mass is 10.1. The molecule has 1 aromatic carbocycles. The topological polar surface area (TPSA) is 43.8 Å². The summed E-state index contributed by atoms with van der Waals surface area (Å²) in [4.78, 5) is 16.2. The standard InChI is InChI=1S/C16H22N2O2/c1-12-3-2-4-14(16(19)20)15(12)18-9-7-17(8-10-18)11-13-5-6-13/h2-4,13H,5-11H2,1H3,(H,19,20). The first-order chi connectivity index (χ1) is 9.65. The number of hydrogen-bond donors (Lipinski definition) is 1. The molecule has 4 nitrogen and oxygen atoms in total. The zero-order valence-electron chi connectivity index (χ0n) is 12.0. The number of aromatic carboxylic acids is 1. The molecule has 1 aliphatic carbocycles. The number of benzene rings is 1. The third-order valence-corrected chi connectivity index (χ3v) is 4.37. The second-order valence-electron chi connectivity index (χ2n) is 6.01. The summed E-state index contributed by atoms with van der Waals surface area (Å²) in [7, 11) is 0. The zero-order valence-corrected chi connectivity index (χ0v) is 12.0. The maximum atomic E-state index is 11.4. The van der Waals surface area contributed by atoms with Crippen molar-refractivity contribution >= 4 is 11.7 Å². The third kappa shape index (κ3) is 2.80. The van der Waals surface area contributed by atoms with Gasteiger partial charge in [0.1, 0.15) is 0 Å². The minimum absolute atomic E-state index is 0.431. The summed E-state index contributed by atoms with van der Waals surface area (Å²) in [6.07, 6.45) is 2.78. The minimum Gasteiger partial charge on any atom is -0.478 e. The molecule has 108 valence electrons. The Morgan fingerprint density at radius 2 is 1.95 bits per heavy atom. The van der Waals surface area contributed by atoms with Crippen LogP contribution < -0.4 is 4.90 Å². The van der Waals surface area contributed by atoms with Gasteiger partial charge in [-0.2, -0.15) is 0 Å². The number of nitrogens with zero attached hydrogens (tertiary/aromatic N) is 2. The van der Waals surface area contributed by atoms with Gasteiger partial charge in [-0.05, 0) is 37.3 Å². The Balaban J connectivity index is 1.72. The molecular weight excluding hydrogens is 252 g/mol. The van der Waals surface area contributed by atoms with E-state index in [0.29, 0.717) is 5.56 Å². The highest BCUT2D eigenvalue weighted by atomic mass is 16.4. The van der Waals surface area contributed by atoms with Gasteiger partial charge < -0.3 is 10.0 Å². The van der Waals surface area contributed by atoms with E-state index in [2.05, 4.69) is 9.80 Å². The predicted octanol–water partition coefficient (Wildman–Crippen LogP) is 2.23. The van der Waals surface area contributed by atoms with Gasteiger partial charge in [0.2, 0.25) is 0 Å². The van der Waals surface area contributed by atoms with E-state index in [1.54, 1.807) is 6.07 Å². The van der Waals surface area contributed by atoms with Gasteiger partial charge in [-0.25, -0.2) is 4.79 Å². The fraction of sp³-hybridized carbons (Fsp3) is 0.562. The van der Waals surface area contributed by atoms with Crippen molar-refractivity contribution < 1.29 is 9.90 Å². The number of carboxylic acids is 1. The summed E-state index contributed by atoms with van der Waals surface area (Å²) < 4.78 is 0. The first-order valence-electron chi connectivity index (χ1n) is 7.45. The summed E-state index contributed by atoms with van der Waals surface area (Å²) >= 11 is 0. The van der Waals surface area contributed by atoms with Crippen LogP contribution in [0.3, 0.4) is 0 Å². The number of piperazine rings is 1. The maximum absolute atomic E-state index is 11.4. The summed E-state index contributed by atoms with van der Waals surface area (Å²) in [6, 6.07) is 5.53. The summed E-state index contributed by atoms with van der Waals surface area (Å²) in [5, 5.41) is 9.36. The van der Waals surface area contributed by atoms with Crippen LogP contribution in [0.25, 0.3) is 0 Å². The summed E-state index contributed by atoms with van der Waals surface area (Å²) in [5.74, 6) is 0.0960. The van der Waals surface area contributed by atoms with E-state index in [1.165, 1.54) is 19.4 Å². The molecule has 1 N–H and O–H groups in total. The van der Waals surface area contributed by atoms with Crippen molar-refractivity contribution in [3.8, 4) is 0 Å². The molecule has 4 heteroatoms. The molecule has 0 aromatic heterocycles. The van der Waals surface area contributed by atoms with Gasteiger partial charge in [0.25, 0.3) is 0 Å². The van der Waals surface area contributed by atoms with Crippen LogP contribution in [0.15, 0.2) is 18.2 Å². The molecule has 1 saturated carbocycles. The monoisotopic (exact) mass is 274 g/mol. The van der Waals surface area contributed by atoms with Gasteiger partial charge in [-0.3, -0.25) is 4.90 Å². The van der Waals surface area contributed by atoms with Crippen LogP contribution in [0.5, 0.6) is 0 Å². The molecule has 0 radical (unpaired) electrons. The smallest absolute Gasteiger partial charge is 0.337 e. The molecule has 1 heterocycles. The molecule has 1 aliphatic heterocycles. The van der Waals surface area contributed by atoms with Crippen LogP contribution in [0.1, 0.15) is 28.8 Å². The van der Waals surface area contributed by atoms with Crippen molar-refractivity contribution in [3.05, 3.63) is 29.3 Å². The van der Waals surface area contributed by atoms with E-state index in [-0.39, 0.29) is 0 Å². The van der Waals surface area contributed by atoms with Gasteiger partial charge in [0.15, 0.2) is 0 Å². The highest BCUT2D eigenvalue weighted by Gasteiger charge is 2.27. The van der Waals surface area contributed by atoms with E-state index >= 15 is 0 Å². The molecule has 2 fully saturated rings. The molecule has 1 saturated heterocycles. The van der Waals surface area contributed by atoms with Crippen LogP contribution >= 0.6 is 0 Å². The third-order valence-electron chi connectivity index (χ3n) is 4.37. The number of rotatable bonds is 4. The second kappa shape index (κ2) is 5.44. The van der Waals surface area contributed by atoms with Crippen molar-refractivity contribution in [2.45, 2.75) is 19.8 Å². The van der Waals surface area contributed by atoms with Crippen LogP contribution in [-0.4, -0.2) is 48.7 Å². The van der Waals surface area contributed by atoms with Crippen LogP contribution in [0.2, 0.25) is 0 Å². The predicted molar refractivity (Wildman–Crippen MR) is 79.5 cm³/mol.